The number of carbonyl (C=O) groups is 2. The number of benzene rings is 2. The molecule has 8 nitrogen and oxygen atoms in total. The van der Waals surface area contributed by atoms with Gasteiger partial charge in [-0.25, -0.2) is 9.59 Å². The normalized spacial score (nSPS) is 13.1. The van der Waals surface area contributed by atoms with Crippen LogP contribution in [0.3, 0.4) is 0 Å². The lowest BCUT2D eigenvalue weighted by molar-refractivity contribution is -0.139. The lowest BCUT2D eigenvalue weighted by Crippen LogP contribution is -2.27. The number of esters is 2. The number of hydrogen-bond acceptors (Lipinski definition) is 8. The van der Waals surface area contributed by atoms with Gasteiger partial charge >= 0.3 is 11.9 Å². The number of carbonyl (C=O) groups excluding carboxylic acids is 2. The third-order valence-corrected chi connectivity index (χ3v) is 5.10. The van der Waals surface area contributed by atoms with Crippen LogP contribution in [0.1, 0.15) is 5.56 Å². The summed E-state index contributed by atoms with van der Waals surface area (Å²) in [6.07, 6.45) is 6.49. The molecule has 0 radical (unpaired) electrons. The van der Waals surface area contributed by atoms with Crippen LogP contribution in [-0.2, 0) is 19.1 Å². The molecule has 4 rings (SSSR count). The van der Waals surface area contributed by atoms with E-state index in [2.05, 4.69) is 10.1 Å². The molecule has 0 aliphatic carbocycles. The molecule has 0 atom stereocenters. The number of methoxy groups -OCH3 is 2. The standard InChI is InChI=1S/C25H21N3O5/c1-16-10-4-5-11-17(16)22-26-23(33-27-22)18-12-6-7-14-20(18)28-15-9-8-13-19(24(29)31-2)21(28)25(30)32-3/h4-15H,1-3H3. The molecule has 0 bridgehead atoms. The molecule has 0 spiro atoms. The summed E-state index contributed by atoms with van der Waals surface area (Å²) in [6.45, 7) is 1.97. The zero-order valence-corrected chi connectivity index (χ0v) is 18.3. The fraction of sp³-hybridized carbons (Fsp3) is 0.120. The molecule has 3 aromatic rings. The van der Waals surface area contributed by atoms with Crippen LogP contribution in [0.4, 0.5) is 5.69 Å². The average Bonchev–Trinajstić information content (AvgIpc) is 3.22. The third-order valence-electron chi connectivity index (χ3n) is 5.10. The van der Waals surface area contributed by atoms with E-state index < -0.39 is 11.9 Å². The Hall–Kier alpha value is -4.46. The van der Waals surface area contributed by atoms with Crippen LogP contribution in [-0.4, -0.2) is 36.3 Å². The molecule has 0 amide bonds. The van der Waals surface area contributed by atoms with Gasteiger partial charge in [0, 0.05) is 11.8 Å². The van der Waals surface area contributed by atoms with Crippen molar-refractivity contribution < 1.29 is 23.6 Å². The van der Waals surface area contributed by atoms with Crippen molar-refractivity contribution in [2.75, 3.05) is 19.1 Å². The highest BCUT2D eigenvalue weighted by Gasteiger charge is 2.29. The Balaban J connectivity index is 1.86. The van der Waals surface area contributed by atoms with Gasteiger partial charge in [-0.05, 0) is 36.8 Å². The fourth-order valence-electron chi connectivity index (χ4n) is 3.48. The van der Waals surface area contributed by atoms with Gasteiger partial charge in [0.2, 0.25) is 5.82 Å². The largest absolute Gasteiger partial charge is 0.465 e. The van der Waals surface area contributed by atoms with Crippen molar-refractivity contribution >= 4 is 17.6 Å². The zero-order valence-electron chi connectivity index (χ0n) is 18.3. The number of anilines is 1. The first-order valence-electron chi connectivity index (χ1n) is 10.1. The van der Waals surface area contributed by atoms with Crippen molar-refractivity contribution in [2.24, 2.45) is 0 Å². The molecule has 1 aliphatic rings. The first-order valence-corrected chi connectivity index (χ1v) is 10.1. The van der Waals surface area contributed by atoms with Crippen LogP contribution in [0.25, 0.3) is 22.8 Å². The van der Waals surface area contributed by atoms with E-state index >= 15 is 0 Å². The number of nitrogens with zero attached hydrogens (tertiary/aromatic N) is 3. The SMILES string of the molecule is COC(=O)C1=C(C(=O)OC)N(c2ccccc2-c2nc(-c3ccccc3C)no2)C=CC=C1. The molecule has 1 aromatic heterocycles. The van der Waals surface area contributed by atoms with Crippen molar-refractivity contribution in [3.8, 4) is 22.8 Å². The minimum atomic E-state index is -0.701. The summed E-state index contributed by atoms with van der Waals surface area (Å²) in [5.41, 5.74) is 3.03. The van der Waals surface area contributed by atoms with Crippen LogP contribution in [0.5, 0.6) is 0 Å². The second kappa shape index (κ2) is 9.35. The van der Waals surface area contributed by atoms with E-state index in [1.165, 1.54) is 20.3 Å². The molecule has 0 N–H and O–H groups in total. The maximum atomic E-state index is 12.8. The number of rotatable bonds is 5. The quantitative estimate of drug-likeness (QED) is 0.542. The average molecular weight is 443 g/mol. The van der Waals surface area contributed by atoms with Crippen molar-refractivity contribution in [3.63, 3.8) is 0 Å². The Morgan fingerprint density at radius 3 is 2.33 bits per heavy atom. The van der Waals surface area contributed by atoms with E-state index in [4.69, 9.17) is 14.0 Å². The van der Waals surface area contributed by atoms with Gasteiger partial charge in [0.05, 0.1) is 31.0 Å². The number of allylic oxidation sites excluding steroid dienone is 2. The van der Waals surface area contributed by atoms with Crippen LogP contribution in [0.15, 0.2) is 88.8 Å². The highest BCUT2D eigenvalue weighted by Crippen LogP contribution is 2.35. The summed E-state index contributed by atoms with van der Waals surface area (Å²) >= 11 is 0. The van der Waals surface area contributed by atoms with Gasteiger partial charge in [0.25, 0.3) is 5.89 Å². The Kier molecular flexibility index (Phi) is 6.17. The van der Waals surface area contributed by atoms with Crippen LogP contribution in [0, 0.1) is 6.92 Å². The Morgan fingerprint density at radius 2 is 1.61 bits per heavy atom. The minimum absolute atomic E-state index is 0.000410. The molecule has 166 valence electrons. The lowest BCUT2D eigenvalue weighted by atomic mass is 10.1. The van der Waals surface area contributed by atoms with Gasteiger partial charge < -0.3 is 18.9 Å². The topological polar surface area (TPSA) is 94.8 Å². The van der Waals surface area contributed by atoms with Gasteiger partial charge in [-0.15, -0.1) is 0 Å². The van der Waals surface area contributed by atoms with E-state index in [0.29, 0.717) is 17.1 Å². The molecule has 8 heteroatoms. The van der Waals surface area contributed by atoms with Gasteiger partial charge in [-0.3, -0.25) is 0 Å². The molecule has 0 fully saturated rings. The number of hydrogen-bond donors (Lipinski definition) is 0. The molecular formula is C25H21N3O5. The van der Waals surface area contributed by atoms with Gasteiger partial charge in [-0.1, -0.05) is 47.6 Å². The Morgan fingerprint density at radius 1 is 0.909 bits per heavy atom. The van der Waals surface area contributed by atoms with Crippen molar-refractivity contribution in [1.82, 2.24) is 10.1 Å². The second-order valence-corrected chi connectivity index (χ2v) is 7.07. The minimum Gasteiger partial charge on any atom is -0.465 e. The maximum absolute atomic E-state index is 12.8. The van der Waals surface area contributed by atoms with Crippen molar-refractivity contribution in [3.05, 3.63) is 89.8 Å². The molecule has 0 saturated heterocycles. The zero-order chi connectivity index (χ0) is 23.4. The second-order valence-electron chi connectivity index (χ2n) is 7.07. The Labute approximate surface area is 190 Å². The summed E-state index contributed by atoms with van der Waals surface area (Å²) in [6, 6.07) is 14.9. The van der Waals surface area contributed by atoms with Crippen LogP contribution in [0.2, 0.25) is 0 Å². The third kappa shape index (κ3) is 4.18. The summed E-state index contributed by atoms with van der Waals surface area (Å²) < 4.78 is 15.4. The summed E-state index contributed by atoms with van der Waals surface area (Å²) in [5.74, 6) is -0.659. The van der Waals surface area contributed by atoms with Crippen molar-refractivity contribution in [1.29, 1.82) is 0 Å². The predicted octanol–water partition coefficient (Wildman–Crippen LogP) is 4.20. The van der Waals surface area contributed by atoms with Gasteiger partial charge in [0.15, 0.2) is 0 Å². The molecule has 33 heavy (non-hydrogen) atoms. The first-order chi connectivity index (χ1) is 16.0. The fourth-order valence-corrected chi connectivity index (χ4v) is 3.48. The number of ether oxygens (including phenoxy) is 2. The molecule has 2 aromatic carbocycles. The van der Waals surface area contributed by atoms with E-state index in [9.17, 15) is 9.59 Å². The van der Waals surface area contributed by atoms with E-state index in [1.54, 1.807) is 41.5 Å². The highest BCUT2D eigenvalue weighted by molar-refractivity contribution is 6.06. The highest BCUT2D eigenvalue weighted by atomic mass is 16.5. The molecule has 1 aliphatic heterocycles. The van der Waals surface area contributed by atoms with Crippen molar-refractivity contribution in [2.45, 2.75) is 6.92 Å². The van der Waals surface area contributed by atoms with Gasteiger partial charge in [-0.2, -0.15) is 4.98 Å². The Bertz CT molecular complexity index is 1300. The smallest absolute Gasteiger partial charge is 0.355 e. The summed E-state index contributed by atoms with van der Waals surface area (Å²) in [5, 5.41) is 4.14. The monoisotopic (exact) mass is 443 g/mol. The van der Waals surface area contributed by atoms with Crippen LogP contribution < -0.4 is 4.90 Å². The molecular weight excluding hydrogens is 422 g/mol. The number of aryl methyl sites for hydroxylation is 1. The molecule has 2 heterocycles. The summed E-state index contributed by atoms with van der Waals surface area (Å²) in [4.78, 5) is 31.3. The van der Waals surface area contributed by atoms with Gasteiger partial charge in [0.1, 0.15) is 5.70 Å². The first kappa shape index (κ1) is 21.8. The summed E-state index contributed by atoms with van der Waals surface area (Å²) in [7, 11) is 2.50. The van der Waals surface area contributed by atoms with E-state index in [1.807, 2.05) is 37.3 Å². The molecule has 0 unspecified atom stereocenters. The molecule has 0 saturated carbocycles. The van der Waals surface area contributed by atoms with E-state index in [-0.39, 0.29) is 17.2 Å². The number of aromatic nitrogens is 2. The maximum Gasteiger partial charge on any atom is 0.355 e. The van der Waals surface area contributed by atoms with E-state index in [0.717, 1.165) is 11.1 Å². The lowest BCUT2D eigenvalue weighted by Gasteiger charge is -2.24. The predicted molar refractivity (Wildman–Crippen MR) is 122 cm³/mol. The number of para-hydroxylation sites is 1. The van der Waals surface area contributed by atoms with Crippen LogP contribution >= 0.6 is 0 Å².